The number of sulfonamides is 1. The maximum absolute atomic E-state index is 13.8. The minimum Gasteiger partial charge on any atom is -0.348 e. The molecular formula is C30H36N2O3S. The van der Waals surface area contributed by atoms with E-state index in [-0.39, 0.29) is 23.4 Å². The number of amides is 1. The largest absolute Gasteiger partial charge is 0.348 e. The van der Waals surface area contributed by atoms with Gasteiger partial charge in [-0.2, -0.15) is 0 Å². The Hall–Kier alpha value is -3.12. The Morgan fingerprint density at radius 3 is 2.33 bits per heavy atom. The lowest BCUT2D eigenvalue weighted by Crippen LogP contribution is -2.42. The highest BCUT2D eigenvalue weighted by Gasteiger charge is 2.29. The minimum absolute atomic E-state index is 0.170. The Labute approximate surface area is 215 Å². The Bertz CT molecular complexity index is 1350. The summed E-state index contributed by atoms with van der Waals surface area (Å²) in [5, 5.41) is 3.11. The van der Waals surface area contributed by atoms with Crippen molar-refractivity contribution in [1.29, 1.82) is 0 Å². The average Bonchev–Trinajstić information content (AvgIpc) is 2.87. The topological polar surface area (TPSA) is 66.5 Å². The molecule has 1 aliphatic carbocycles. The van der Waals surface area contributed by atoms with Gasteiger partial charge in [0.2, 0.25) is 5.91 Å². The highest BCUT2D eigenvalue weighted by atomic mass is 32.2. The molecule has 5 nitrogen and oxygen atoms in total. The standard InChI is InChI=1S/C30H36N2O3S/c1-5-28(26-16-15-24-10-6-7-11-25(24)19-26)31-30(33)20-32(29-12-8-9-22(3)23(29)4)36(34,35)27-17-13-21(2)14-18-27/h8-9,12-19,28H,5-7,10-11,20H2,1-4H3,(H,31,33). The van der Waals surface area contributed by atoms with Gasteiger partial charge in [0.25, 0.3) is 10.0 Å². The van der Waals surface area contributed by atoms with E-state index in [4.69, 9.17) is 0 Å². The normalized spacial score (nSPS) is 14.1. The van der Waals surface area contributed by atoms with Crippen LogP contribution < -0.4 is 9.62 Å². The molecule has 0 bridgehead atoms. The van der Waals surface area contributed by atoms with Gasteiger partial charge in [-0.25, -0.2) is 8.42 Å². The number of fused-ring (bicyclic) bond motifs is 1. The van der Waals surface area contributed by atoms with Crippen molar-refractivity contribution in [2.75, 3.05) is 10.8 Å². The molecule has 3 aromatic rings. The lowest BCUT2D eigenvalue weighted by Gasteiger charge is -2.28. The third-order valence-electron chi connectivity index (χ3n) is 7.26. The zero-order chi connectivity index (χ0) is 25.9. The van der Waals surface area contributed by atoms with E-state index in [1.807, 2.05) is 39.8 Å². The van der Waals surface area contributed by atoms with Crippen LogP contribution in [0.5, 0.6) is 0 Å². The fourth-order valence-corrected chi connectivity index (χ4v) is 6.38. The molecule has 0 aromatic heterocycles. The minimum atomic E-state index is -3.95. The van der Waals surface area contributed by atoms with Gasteiger partial charge >= 0.3 is 0 Å². The highest BCUT2D eigenvalue weighted by molar-refractivity contribution is 7.92. The van der Waals surface area contributed by atoms with Crippen molar-refractivity contribution in [1.82, 2.24) is 5.32 Å². The number of carbonyl (C=O) groups is 1. The van der Waals surface area contributed by atoms with Crippen molar-refractivity contribution in [2.24, 2.45) is 0 Å². The number of benzene rings is 3. The van der Waals surface area contributed by atoms with Gasteiger partial charge < -0.3 is 5.32 Å². The molecule has 6 heteroatoms. The summed E-state index contributed by atoms with van der Waals surface area (Å²) < 4.78 is 28.8. The molecule has 0 aliphatic heterocycles. The van der Waals surface area contributed by atoms with E-state index in [1.165, 1.54) is 28.3 Å². The van der Waals surface area contributed by atoms with Crippen molar-refractivity contribution in [2.45, 2.75) is 70.7 Å². The van der Waals surface area contributed by atoms with E-state index >= 15 is 0 Å². The van der Waals surface area contributed by atoms with E-state index in [0.29, 0.717) is 5.69 Å². The van der Waals surface area contributed by atoms with Crippen LogP contribution in [-0.2, 0) is 27.7 Å². The summed E-state index contributed by atoms with van der Waals surface area (Å²) in [6, 6.07) is 18.6. The van der Waals surface area contributed by atoms with Gasteiger partial charge in [0.15, 0.2) is 0 Å². The van der Waals surface area contributed by atoms with Crippen molar-refractivity contribution < 1.29 is 13.2 Å². The van der Waals surface area contributed by atoms with Crippen LogP contribution in [0.3, 0.4) is 0 Å². The van der Waals surface area contributed by atoms with Gasteiger partial charge in [0.1, 0.15) is 6.54 Å². The van der Waals surface area contributed by atoms with Crippen LogP contribution in [-0.4, -0.2) is 20.9 Å². The van der Waals surface area contributed by atoms with Crippen LogP contribution in [0.25, 0.3) is 0 Å². The quantitative estimate of drug-likeness (QED) is 0.412. The van der Waals surface area contributed by atoms with Crippen LogP contribution in [0.4, 0.5) is 5.69 Å². The Balaban J connectivity index is 1.63. The van der Waals surface area contributed by atoms with Gasteiger partial charge in [-0.3, -0.25) is 9.10 Å². The van der Waals surface area contributed by atoms with Crippen LogP contribution in [0, 0.1) is 20.8 Å². The first kappa shape index (κ1) is 26.0. The molecule has 1 N–H and O–H groups in total. The monoisotopic (exact) mass is 504 g/mol. The second kappa shape index (κ2) is 10.9. The molecule has 0 saturated carbocycles. The third-order valence-corrected chi connectivity index (χ3v) is 9.03. The van der Waals surface area contributed by atoms with E-state index in [2.05, 4.69) is 23.5 Å². The van der Waals surface area contributed by atoms with Crippen molar-refractivity contribution in [3.8, 4) is 0 Å². The van der Waals surface area contributed by atoms with Gasteiger partial charge in [0, 0.05) is 0 Å². The van der Waals surface area contributed by atoms with Crippen molar-refractivity contribution >= 4 is 21.6 Å². The van der Waals surface area contributed by atoms with Gasteiger partial charge in [-0.1, -0.05) is 55.0 Å². The summed E-state index contributed by atoms with van der Waals surface area (Å²) in [7, 11) is -3.95. The molecule has 1 atom stereocenters. The first-order chi connectivity index (χ1) is 17.2. The fraction of sp³-hybridized carbons (Fsp3) is 0.367. The number of nitrogens with one attached hydrogen (secondary N) is 1. The van der Waals surface area contributed by atoms with Crippen LogP contribution >= 0.6 is 0 Å². The zero-order valence-electron chi connectivity index (χ0n) is 21.7. The second-order valence-electron chi connectivity index (χ2n) is 9.81. The van der Waals surface area contributed by atoms with Gasteiger partial charge in [-0.15, -0.1) is 0 Å². The first-order valence-corrected chi connectivity index (χ1v) is 14.2. The summed E-state index contributed by atoms with van der Waals surface area (Å²) in [6.45, 7) is 7.50. The van der Waals surface area contributed by atoms with Gasteiger partial charge in [-0.05, 0) is 98.9 Å². The van der Waals surface area contributed by atoms with Crippen LogP contribution in [0.1, 0.15) is 65.6 Å². The smallest absolute Gasteiger partial charge is 0.264 e. The maximum atomic E-state index is 13.8. The number of rotatable bonds is 8. The summed E-state index contributed by atoms with van der Waals surface area (Å²) in [5.74, 6) is -0.323. The number of anilines is 1. The molecule has 1 unspecified atom stereocenters. The molecule has 36 heavy (non-hydrogen) atoms. The van der Waals surface area contributed by atoms with Gasteiger partial charge in [0.05, 0.1) is 16.6 Å². The molecule has 1 aliphatic rings. The van der Waals surface area contributed by atoms with Crippen LogP contribution in [0.2, 0.25) is 0 Å². The molecule has 4 rings (SSSR count). The Kier molecular flexibility index (Phi) is 7.84. The van der Waals surface area contributed by atoms with E-state index < -0.39 is 10.0 Å². The van der Waals surface area contributed by atoms with E-state index in [0.717, 1.165) is 41.5 Å². The van der Waals surface area contributed by atoms with Crippen LogP contribution in [0.15, 0.2) is 65.6 Å². The summed E-state index contributed by atoms with van der Waals surface area (Å²) in [5.41, 5.74) is 7.14. The molecule has 0 spiro atoms. The zero-order valence-corrected chi connectivity index (χ0v) is 22.5. The first-order valence-electron chi connectivity index (χ1n) is 12.8. The number of aryl methyl sites for hydroxylation is 4. The number of carbonyl (C=O) groups excluding carboxylic acids is 1. The lowest BCUT2D eigenvalue weighted by molar-refractivity contribution is -0.120. The summed E-state index contributed by atoms with van der Waals surface area (Å²) in [6.07, 6.45) is 5.33. The summed E-state index contributed by atoms with van der Waals surface area (Å²) >= 11 is 0. The van der Waals surface area contributed by atoms with E-state index in [1.54, 1.807) is 30.3 Å². The molecule has 0 radical (unpaired) electrons. The molecule has 190 valence electrons. The average molecular weight is 505 g/mol. The Morgan fingerprint density at radius 2 is 1.64 bits per heavy atom. The van der Waals surface area contributed by atoms with Crippen molar-refractivity contribution in [3.05, 3.63) is 94.0 Å². The number of nitrogens with zero attached hydrogens (tertiary/aromatic N) is 1. The fourth-order valence-electron chi connectivity index (χ4n) is 4.90. The molecule has 1 amide bonds. The predicted molar refractivity (Wildman–Crippen MR) is 146 cm³/mol. The SMILES string of the molecule is CCC(NC(=O)CN(c1cccc(C)c1C)S(=O)(=O)c1ccc(C)cc1)c1ccc2c(c1)CCCC2. The third kappa shape index (κ3) is 5.49. The number of hydrogen-bond acceptors (Lipinski definition) is 3. The maximum Gasteiger partial charge on any atom is 0.264 e. The molecule has 0 fully saturated rings. The Morgan fingerprint density at radius 1 is 0.944 bits per heavy atom. The van der Waals surface area contributed by atoms with E-state index in [9.17, 15) is 13.2 Å². The molecule has 0 heterocycles. The molecule has 3 aromatic carbocycles. The molecule has 0 saturated heterocycles. The molecular weight excluding hydrogens is 468 g/mol. The summed E-state index contributed by atoms with van der Waals surface area (Å²) in [4.78, 5) is 13.5. The van der Waals surface area contributed by atoms with Crippen molar-refractivity contribution in [3.63, 3.8) is 0 Å². The predicted octanol–water partition coefficient (Wildman–Crippen LogP) is 5.95. The number of hydrogen-bond donors (Lipinski definition) is 1. The lowest BCUT2D eigenvalue weighted by atomic mass is 9.89. The highest BCUT2D eigenvalue weighted by Crippen LogP contribution is 2.30. The second-order valence-corrected chi connectivity index (χ2v) is 11.7.